The van der Waals surface area contributed by atoms with Gasteiger partial charge in [0.1, 0.15) is 22.1 Å². The number of carbonyl (C=O) groups is 1. The number of ketones is 1. The number of pyridine rings is 1. The number of aromatic nitrogens is 2. The number of hydrogen-bond donors (Lipinski definition) is 0. The van der Waals surface area contributed by atoms with Crippen LogP contribution in [0.3, 0.4) is 0 Å². The number of nitriles is 1. The smallest absolute Gasteiger partial charge is 0.273 e. The molecular formula is C25H16ClN3O3S. The summed E-state index contributed by atoms with van der Waals surface area (Å²) in [6, 6.07) is 20.5. The van der Waals surface area contributed by atoms with E-state index in [0.29, 0.717) is 26.7 Å². The monoisotopic (exact) mass is 473 g/mol. The second-order valence-corrected chi connectivity index (χ2v) is 8.31. The van der Waals surface area contributed by atoms with Crippen LogP contribution in [0.5, 0.6) is 5.75 Å². The van der Waals surface area contributed by atoms with Crippen LogP contribution in [0.15, 0.2) is 77.7 Å². The van der Waals surface area contributed by atoms with Gasteiger partial charge in [-0.15, -0.1) is 11.3 Å². The fourth-order valence-corrected chi connectivity index (χ4v) is 4.48. The molecule has 0 amide bonds. The summed E-state index contributed by atoms with van der Waals surface area (Å²) in [7, 11) is 1.52. The second kappa shape index (κ2) is 9.65. The minimum absolute atomic E-state index is 0.164. The zero-order valence-corrected chi connectivity index (χ0v) is 18.9. The Morgan fingerprint density at radius 2 is 1.97 bits per heavy atom. The summed E-state index contributed by atoms with van der Waals surface area (Å²) in [5.74, 6) is 0.00811. The molecule has 0 aliphatic heterocycles. The molecule has 0 unspecified atom stereocenters. The Morgan fingerprint density at radius 1 is 1.15 bits per heavy atom. The molecule has 4 aromatic rings. The lowest BCUT2D eigenvalue weighted by molar-refractivity contribution is 0.105. The molecule has 0 aliphatic rings. The lowest BCUT2D eigenvalue weighted by atomic mass is 10.1. The molecule has 6 nitrogen and oxygen atoms in total. The molecule has 4 rings (SSSR count). The molecule has 0 N–H and O–H groups in total. The molecule has 0 spiro atoms. The van der Waals surface area contributed by atoms with Gasteiger partial charge in [-0.25, -0.2) is 0 Å². The average Bonchev–Trinajstić information content (AvgIpc) is 3.15. The SMILES string of the molecule is COc1cccc(-n2c(=C(C#N)C(=O)c3cccc(Cl)c3)sc(=Cc3ccccn3)c2=O)c1. The first-order valence-corrected chi connectivity index (χ1v) is 10.9. The van der Waals surface area contributed by atoms with Crippen molar-refractivity contribution >= 4 is 40.4 Å². The number of carbonyl (C=O) groups excluding carboxylic acids is 1. The average molecular weight is 474 g/mol. The van der Waals surface area contributed by atoms with Crippen molar-refractivity contribution in [3.63, 3.8) is 0 Å². The van der Waals surface area contributed by atoms with Gasteiger partial charge in [-0.3, -0.25) is 19.1 Å². The summed E-state index contributed by atoms with van der Waals surface area (Å²) >= 11 is 7.09. The summed E-state index contributed by atoms with van der Waals surface area (Å²) in [5, 5.41) is 10.3. The van der Waals surface area contributed by atoms with Gasteiger partial charge < -0.3 is 4.74 Å². The van der Waals surface area contributed by atoms with Crippen molar-refractivity contribution in [1.29, 1.82) is 5.26 Å². The summed E-state index contributed by atoms with van der Waals surface area (Å²) < 4.78 is 7.18. The van der Waals surface area contributed by atoms with Crippen molar-refractivity contribution in [2.24, 2.45) is 0 Å². The van der Waals surface area contributed by atoms with E-state index in [1.807, 2.05) is 12.1 Å². The Labute approximate surface area is 197 Å². The predicted octanol–water partition coefficient (Wildman–Crippen LogP) is 3.34. The molecule has 2 aromatic heterocycles. The summed E-state index contributed by atoms with van der Waals surface area (Å²) in [6.07, 6.45) is 3.25. The van der Waals surface area contributed by atoms with Crippen molar-refractivity contribution in [1.82, 2.24) is 9.55 Å². The standard InChI is InChI=1S/C25H16ClN3O3S/c1-32-20-10-5-9-19(14-20)29-24(31)22(13-18-8-2-3-11-28-18)33-25(29)21(15-27)23(30)16-6-4-7-17(26)12-16/h2-14H,1H3. The van der Waals surface area contributed by atoms with Crippen molar-refractivity contribution in [3.05, 3.63) is 109 Å². The minimum atomic E-state index is -0.526. The van der Waals surface area contributed by atoms with Gasteiger partial charge in [0.2, 0.25) is 5.78 Å². The number of benzene rings is 2. The van der Waals surface area contributed by atoms with E-state index < -0.39 is 5.78 Å². The van der Waals surface area contributed by atoms with Crippen LogP contribution < -0.4 is 19.5 Å². The predicted molar refractivity (Wildman–Crippen MR) is 128 cm³/mol. The quantitative estimate of drug-likeness (QED) is 0.415. The fraction of sp³-hybridized carbons (Fsp3) is 0.0400. The zero-order valence-electron chi connectivity index (χ0n) is 17.4. The van der Waals surface area contributed by atoms with Crippen molar-refractivity contribution in [2.45, 2.75) is 0 Å². The molecule has 0 saturated carbocycles. The van der Waals surface area contributed by atoms with Gasteiger partial charge in [-0.2, -0.15) is 5.26 Å². The number of Topliss-reactive ketones (excluding diaryl/α,β-unsaturated/α-hetero) is 1. The highest BCUT2D eigenvalue weighted by Crippen LogP contribution is 2.17. The Morgan fingerprint density at radius 3 is 2.67 bits per heavy atom. The highest BCUT2D eigenvalue weighted by molar-refractivity contribution is 7.07. The molecule has 0 aliphatic carbocycles. The van der Waals surface area contributed by atoms with Crippen LogP contribution in [0.1, 0.15) is 16.1 Å². The van der Waals surface area contributed by atoms with E-state index in [4.69, 9.17) is 16.3 Å². The van der Waals surface area contributed by atoms with Gasteiger partial charge in [-0.05, 0) is 42.5 Å². The maximum absolute atomic E-state index is 13.4. The van der Waals surface area contributed by atoms with E-state index in [1.165, 1.54) is 17.7 Å². The first-order chi connectivity index (χ1) is 16.0. The largest absolute Gasteiger partial charge is 0.497 e. The highest BCUT2D eigenvalue weighted by atomic mass is 35.5. The first kappa shape index (κ1) is 22.2. The highest BCUT2D eigenvalue weighted by Gasteiger charge is 2.19. The summed E-state index contributed by atoms with van der Waals surface area (Å²) in [6.45, 7) is 0. The number of rotatable bonds is 5. The molecule has 0 fully saturated rings. The van der Waals surface area contributed by atoms with Crippen LogP contribution in [0, 0.1) is 11.3 Å². The maximum atomic E-state index is 13.4. The summed E-state index contributed by atoms with van der Waals surface area (Å²) in [5.41, 5.74) is 0.772. The Kier molecular flexibility index (Phi) is 6.50. The molecule has 0 bridgehead atoms. The van der Waals surface area contributed by atoms with E-state index in [-0.39, 0.29) is 21.4 Å². The molecule has 0 saturated heterocycles. The van der Waals surface area contributed by atoms with Gasteiger partial charge in [0.15, 0.2) is 0 Å². The van der Waals surface area contributed by atoms with Crippen LogP contribution in [0.25, 0.3) is 17.3 Å². The normalized spacial score (nSPS) is 12.2. The number of halogens is 1. The number of thiazole rings is 1. The van der Waals surface area contributed by atoms with E-state index in [2.05, 4.69) is 4.98 Å². The van der Waals surface area contributed by atoms with Crippen molar-refractivity contribution < 1.29 is 9.53 Å². The van der Waals surface area contributed by atoms with Crippen LogP contribution in [0.2, 0.25) is 5.02 Å². The number of ether oxygens (including phenoxy) is 1. The molecule has 2 heterocycles. The first-order valence-electron chi connectivity index (χ1n) is 9.75. The molecular weight excluding hydrogens is 458 g/mol. The molecule has 162 valence electrons. The van der Waals surface area contributed by atoms with E-state index >= 15 is 0 Å². The van der Waals surface area contributed by atoms with Crippen molar-refractivity contribution in [2.75, 3.05) is 7.11 Å². The molecule has 33 heavy (non-hydrogen) atoms. The van der Waals surface area contributed by atoms with Crippen LogP contribution in [-0.4, -0.2) is 22.4 Å². The number of nitrogens with zero attached hydrogens (tertiary/aromatic N) is 3. The van der Waals surface area contributed by atoms with Gasteiger partial charge >= 0.3 is 0 Å². The molecule has 0 radical (unpaired) electrons. The Balaban J connectivity index is 2.07. The number of hydrogen-bond acceptors (Lipinski definition) is 6. The van der Waals surface area contributed by atoms with Crippen molar-refractivity contribution in [3.8, 4) is 17.5 Å². The van der Waals surface area contributed by atoms with Gasteiger partial charge in [0.05, 0.1) is 23.0 Å². The van der Waals surface area contributed by atoms with Crippen LogP contribution in [0.4, 0.5) is 0 Å². The van der Waals surface area contributed by atoms with Gasteiger partial charge in [-0.1, -0.05) is 35.9 Å². The maximum Gasteiger partial charge on any atom is 0.273 e. The van der Waals surface area contributed by atoms with Gasteiger partial charge in [0.25, 0.3) is 5.56 Å². The number of methoxy groups -OCH3 is 1. The van der Waals surface area contributed by atoms with Gasteiger partial charge in [0, 0.05) is 22.8 Å². The minimum Gasteiger partial charge on any atom is -0.497 e. The Hall–Kier alpha value is -3.99. The lowest BCUT2D eigenvalue weighted by Crippen LogP contribution is -2.31. The van der Waals surface area contributed by atoms with Crippen LogP contribution in [-0.2, 0) is 0 Å². The molecule has 0 atom stereocenters. The van der Waals surface area contributed by atoms with E-state index in [0.717, 1.165) is 11.3 Å². The van der Waals surface area contributed by atoms with Crippen LogP contribution >= 0.6 is 22.9 Å². The summed E-state index contributed by atoms with van der Waals surface area (Å²) in [4.78, 5) is 30.9. The molecule has 2 aromatic carbocycles. The third-order valence-electron chi connectivity index (χ3n) is 4.74. The van der Waals surface area contributed by atoms with E-state index in [1.54, 1.807) is 66.9 Å². The Bertz CT molecular complexity index is 1570. The second-order valence-electron chi connectivity index (χ2n) is 6.84. The topological polar surface area (TPSA) is 85.0 Å². The van der Waals surface area contributed by atoms with E-state index in [9.17, 15) is 14.9 Å². The molecule has 8 heteroatoms. The fourth-order valence-electron chi connectivity index (χ4n) is 3.20. The third kappa shape index (κ3) is 4.62. The lowest BCUT2D eigenvalue weighted by Gasteiger charge is -2.06. The third-order valence-corrected chi connectivity index (χ3v) is 6.07. The zero-order chi connectivity index (χ0) is 23.4.